The normalized spacial score (nSPS) is 13.7. The Kier molecular flexibility index (Phi) is 3.75. The third-order valence-electron chi connectivity index (χ3n) is 3.70. The fourth-order valence-corrected chi connectivity index (χ4v) is 2.55. The Morgan fingerprint density at radius 1 is 1.09 bits per heavy atom. The van der Waals surface area contributed by atoms with E-state index in [0.29, 0.717) is 17.3 Å². The predicted octanol–water partition coefficient (Wildman–Crippen LogP) is 3.52. The minimum Gasteiger partial charge on any atom is -0.399 e. The van der Waals surface area contributed by atoms with Crippen LogP contribution >= 0.6 is 0 Å². The van der Waals surface area contributed by atoms with Crippen molar-refractivity contribution in [3.63, 3.8) is 0 Å². The van der Waals surface area contributed by atoms with Crippen LogP contribution in [-0.2, 0) is 0 Å². The Bertz CT molecular complexity index is 700. The van der Waals surface area contributed by atoms with Crippen LogP contribution in [0.15, 0.2) is 36.4 Å². The van der Waals surface area contributed by atoms with Crippen molar-refractivity contribution in [2.45, 2.75) is 32.7 Å². The van der Waals surface area contributed by atoms with E-state index in [2.05, 4.69) is 42.7 Å². The number of hydrogen-bond acceptors (Lipinski definition) is 3. The van der Waals surface area contributed by atoms with Crippen LogP contribution in [0.5, 0.6) is 0 Å². The van der Waals surface area contributed by atoms with Gasteiger partial charge in [-0.3, -0.25) is 4.79 Å². The van der Waals surface area contributed by atoms with Crippen LogP contribution in [0.25, 0.3) is 0 Å². The van der Waals surface area contributed by atoms with E-state index in [9.17, 15) is 4.79 Å². The summed E-state index contributed by atoms with van der Waals surface area (Å²) in [6, 6.07) is 12.0. The first kappa shape index (κ1) is 14.4. The van der Waals surface area contributed by atoms with Crippen LogP contribution < -0.4 is 16.4 Å². The van der Waals surface area contributed by atoms with Gasteiger partial charge in [-0.1, -0.05) is 6.07 Å². The summed E-state index contributed by atoms with van der Waals surface area (Å²) in [5.74, 6) is -0.0679. The van der Waals surface area contributed by atoms with Gasteiger partial charge in [-0.25, -0.2) is 0 Å². The molecule has 0 saturated heterocycles. The summed E-state index contributed by atoms with van der Waals surface area (Å²) in [6.45, 7) is 4.11. The highest BCUT2D eigenvalue weighted by Crippen LogP contribution is 2.26. The molecule has 0 heterocycles. The molecule has 0 radical (unpaired) electrons. The number of aryl methyl sites for hydroxylation is 2. The smallest absolute Gasteiger partial charge is 0.253 e. The summed E-state index contributed by atoms with van der Waals surface area (Å²) in [7, 11) is 0. The van der Waals surface area contributed by atoms with E-state index in [-0.39, 0.29) is 5.91 Å². The molecule has 22 heavy (non-hydrogen) atoms. The SMILES string of the molecule is Cc1cc(C)cc(Nc2ccc(N)cc2C(=O)NC2CC2)c1. The molecule has 0 bridgehead atoms. The second-order valence-corrected chi connectivity index (χ2v) is 6.05. The summed E-state index contributed by atoms with van der Waals surface area (Å²) in [5.41, 5.74) is 11.1. The number of carbonyl (C=O) groups is 1. The number of nitrogens with two attached hydrogens (primary N) is 1. The molecule has 0 aliphatic heterocycles. The number of amides is 1. The quantitative estimate of drug-likeness (QED) is 0.756. The number of anilines is 3. The highest BCUT2D eigenvalue weighted by Gasteiger charge is 2.25. The van der Waals surface area contributed by atoms with Crippen LogP contribution in [-0.4, -0.2) is 11.9 Å². The van der Waals surface area contributed by atoms with Crippen LogP contribution in [0.3, 0.4) is 0 Å². The van der Waals surface area contributed by atoms with Gasteiger partial charge in [0.05, 0.1) is 11.3 Å². The number of nitrogens with one attached hydrogen (secondary N) is 2. The first-order valence-corrected chi connectivity index (χ1v) is 7.57. The molecule has 1 aliphatic carbocycles. The second kappa shape index (κ2) is 5.72. The lowest BCUT2D eigenvalue weighted by atomic mass is 10.1. The molecule has 2 aromatic carbocycles. The molecule has 114 valence electrons. The molecule has 0 aromatic heterocycles. The highest BCUT2D eigenvalue weighted by atomic mass is 16.1. The van der Waals surface area contributed by atoms with Gasteiger partial charge in [-0.15, -0.1) is 0 Å². The molecule has 0 unspecified atom stereocenters. The Hall–Kier alpha value is -2.49. The van der Waals surface area contributed by atoms with Crippen LogP contribution in [0.1, 0.15) is 34.3 Å². The molecular formula is C18H21N3O. The van der Waals surface area contributed by atoms with E-state index >= 15 is 0 Å². The summed E-state index contributed by atoms with van der Waals surface area (Å²) >= 11 is 0. The van der Waals surface area contributed by atoms with Gasteiger partial charge in [-0.2, -0.15) is 0 Å². The molecule has 1 aliphatic rings. The van der Waals surface area contributed by atoms with Gasteiger partial charge in [0.2, 0.25) is 0 Å². The fraction of sp³-hybridized carbons (Fsp3) is 0.278. The zero-order valence-electron chi connectivity index (χ0n) is 12.9. The van der Waals surface area contributed by atoms with Gasteiger partial charge in [0.25, 0.3) is 5.91 Å². The first-order valence-electron chi connectivity index (χ1n) is 7.57. The van der Waals surface area contributed by atoms with Crippen molar-refractivity contribution < 1.29 is 4.79 Å². The number of hydrogen-bond donors (Lipinski definition) is 3. The van der Waals surface area contributed by atoms with Crippen molar-refractivity contribution in [3.8, 4) is 0 Å². The largest absolute Gasteiger partial charge is 0.399 e. The molecule has 0 spiro atoms. The van der Waals surface area contributed by atoms with Gasteiger partial charge in [-0.05, 0) is 68.1 Å². The monoisotopic (exact) mass is 295 g/mol. The summed E-state index contributed by atoms with van der Waals surface area (Å²) in [6.07, 6.45) is 2.13. The van der Waals surface area contributed by atoms with Crippen molar-refractivity contribution >= 4 is 23.0 Å². The molecule has 4 N–H and O–H groups in total. The van der Waals surface area contributed by atoms with Crippen molar-refractivity contribution in [3.05, 3.63) is 53.1 Å². The third-order valence-corrected chi connectivity index (χ3v) is 3.70. The van der Waals surface area contributed by atoms with Crippen molar-refractivity contribution in [1.82, 2.24) is 5.32 Å². The van der Waals surface area contributed by atoms with Crippen LogP contribution in [0.4, 0.5) is 17.1 Å². The van der Waals surface area contributed by atoms with E-state index in [1.54, 1.807) is 12.1 Å². The minimum atomic E-state index is -0.0679. The molecule has 4 heteroatoms. The maximum atomic E-state index is 12.4. The Balaban J connectivity index is 1.90. The van der Waals surface area contributed by atoms with Gasteiger partial charge in [0, 0.05) is 17.4 Å². The summed E-state index contributed by atoms with van der Waals surface area (Å²) in [4.78, 5) is 12.4. The van der Waals surface area contributed by atoms with Crippen LogP contribution in [0.2, 0.25) is 0 Å². The standard InChI is InChI=1S/C18H21N3O/c1-11-7-12(2)9-15(8-11)20-17-6-3-13(19)10-16(17)18(22)21-14-4-5-14/h3,6-10,14,20H,4-5,19H2,1-2H3,(H,21,22). The zero-order valence-corrected chi connectivity index (χ0v) is 12.9. The minimum absolute atomic E-state index is 0.0679. The first-order chi connectivity index (χ1) is 10.5. The number of benzene rings is 2. The van der Waals surface area contributed by atoms with Crippen molar-refractivity contribution in [2.75, 3.05) is 11.1 Å². The van der Waals surface area contributed by atoms with Gasteiger partial charge >= 0.3 is 0 Å². The Labute approximate surface area is 130 Å². The zero-order chi connectivity index (χ0) is 15.7. The van der Waals surface area contributed by atoms with Crippen molar-refractivity contribution in [1.29, 1.82) is 0 Å². The average molecular weight is 295 g/mol. The molecule has 0 atom stereocenters. The maximum Gasteiger partial charge on any atom is 0.253 e. The van der Waals surface area contributed by atoms with E-state index in [0.717, 1.165) is 24.2 Å². The Morgan fingerprint density at radius 2 is 1.77 bits per heavy atom. The van der Waals surface area contributed by atoms with Crippen molar-refractivity contribution in [2.24, 2.45) is 0 Å². The fourth-order valence-electron chi connectivity index (χ4n) is 2.55. The molecule has 1 saturated carbocycles. The third kappa shape index (κ3) is 3.39. The highest BCUT2D eigenvalue weighted by molar-refractivity contribution is 6.01. The average Bonchev–Trinajstić information content (AvgIpc) is 3.23. The van der Waals surface area contributed by atoms with E-state index < -0.39 is 0 Å². The number of nitrogen functional groups attached to an aromatic ring is 1. The van der Waals surface area contributed by atoms with E-state index in [1.165, 1.54) is 11.1 Å². The number of carbonyl (C=O) groups excluding carboxylic acids is 1. The molecule has 4 nitrogen and oxygen atoms in total. The van der Waals surface area contributed by atoms with Gasteiger partial charge in [0.15, 0.2) is 0 Å². The topological polar surface area (TPSA) is 67.1 Å². The van der Waals surface area contributed by atoms with E-state index in [4.69, 9.17) is 5.73 Å². The molecule has 1 amide bonds. The molecule has 2 aromatic rings. The lowest BCUT2D eigenvalue weighted by Gasteiger charge is -2.14. The lowest BCUT2D eigenvalue weighted by Crippen LogP contribution is -2.26. The summed E-state index contributed by atoms with van der Waals surface area (Å²) in [5, 5.41) is 6.35. The maximum absolute atomic E-state index is 12.4. The van der Waals surface area contributed by atoms with E-state index in [1.807, 2.05) is 6.07 Å². The molecule has 1 fully saturated rings. The number of rotatable bonds is 4. The predicted molar refractivity (Wildman–Crippen MR) is 90.5 cm³/mol. The lowest BCUT2D eigenvalue weighted by molar-refractivity contribution is 0.0952. The summed E-state index contributed by atoms with van der Waals surface area (Å²) < 4.78 is 0. The second-order valence-electron chi connectivity index (χ2n) is 6.05. The van der Waals surface area contributed by atoms with Crippen LogP contribution in [0, 0.1) is 13.8 Å². The molecular weight excluding hydrogens is 274 g/mol. The molecule has 3 rings (SSSR count). The van der Waals surface area contributed by atoms with Gasteiger partial charge < -0.3 is 16.4 Å². The Morgan fingerprint density at radius 3 is 2.41 bits per heavy atom. The van der Waals surface area contributed by atoms with Gasteiger partial charge in [0.1, 0.15) is 0 Å².